The van der Waals surface area contributed by atoms with Gasteiger partial charge in [-0.1, -0.05) is 6.07 Å². The molecule has 0 unspecified atom stereocenters. The highest BCUT2D eigenvalue weighted by Gasteiger charge is 2.06. The van der Waals surface area contributed by atoms with Gasteiger partial charge in [0.2, 0.25) is 5.95 Å². The average Bonchev–Trinajstić information content (AvgIpc) is 2.82. The van der Waals surface area contributed by atoms with Crippen molar-refractivity contribution < 1.29 is 0 Å². The minimum Gasteiger partial charge on any atom is -0.378 e. The van der Waals surface area contributed by atoms with Crippen molar-refractivity contribution in [2.45, 2.75) is 13.8 Å². The molecule has 5 heteroatoms. The van der Waals surface area contributed by atoms with Gasteiger partial charge in [0, 0.05) is 31.7 Å². The first-order valence-electron chi connectivity index (χ1n) is 6.91. The molecule has 0 amide bonds. The van der Waals surface area contributed by atoms with E-state index in [0.29, 0.717) is 5.95 Å². The van der Waals surface area contributed by atoms with Gasteiger partial charge in [0.05, 0.1) is 0 Å². The van der Waals surface area contributed by atoms with E-state index < -0.39 is 0 Å². The minimum absolute atomic E-state index is 0.612. The molecule has 2 aromatic heterocycles. The summed E-state index contributed by atoms with van der Waals surface area (Å²) in [5.74, 6) is 0.612. The van der Waals surface area contributed by atoms with Gasteiger partial charge in [-0.25, -0.2) is 4.52 Å². The number of hydrogen-bond acceptors (Lipinski definition) is 4. The first-order chi connectivity index (χ1) is 10.0. The maximum Gasteiger partial charge on any atom is 0.247 e. The van der Waals surface area contributed by atoms with Gasteiger partial charge >= 0.3 is 0 Å². The lowest BCUT2D eigenvalue weighted by molar-refractivity contribution is 0.955. The zero-order chi connectivity index (χ0) is 15.0. The number of anilines is 3. The molecule has 2 heterocycles. The molecule has 0 bridgehead atoms. The van der Waals surface area contributed by atoms with E-state index in [1.807, 2.05) is 39.3 Å². The smallest absolute Gasteiger partial charge is 0.247 e. The van der Waals surface area contributed by atoms with Crippen molar-refractivity contribution in [3.05, 3.63) is 47.7 Å². The van der Waals surface area contributed by atoms with Gasteiger partial charge in [0.1, 0.15) is 0 Å². The summed E-state index contributed by atoms with van der Waals surface area (Å²) in [5, 5.41) is 7.74. The molecular weight excluding hydrogens is 262 g/mol. The van der Waals surface area contributed by atoms with Gasteiger partial charge in [-0.2, -0.15) is 4.98 Å². The highest BCUT2D eigenvalue weighted by Crippen LogP contribution is 2.23. The first-order valence-corrected chi connectivity index (χ1v) is 6.91. The Hall–Kier alpha value is -2.56. The Morgan fingerprint density at radius 1 is 1.10 bits per heavy atom. The standard InChI is InChI=1S/C16H19N5/c1-11-5-8-15-18-16(19-21(15)10-11)17-14-7-6-13(20(3)4)9-12(14)2/h5-10H,1-4H3,(H,17,19). The molecule has 0 atom stereocenters. The van der Waals surface area contributed by atoms with Crippen LogP contribution in [-0.4, -0.2) is 28.7 Å². The Morgan fingerprint density at radius 2 is 1.90 bits per heavy atom. The van der Waals surface area contributed by atoms with Crippen molar-refractivity contribution >= 4 is 23.0 Å². The van der Waals surface area contributed by atoms with Crippen LogP contribution in [0.5, 0.6) is 0 Å². The largest absolute Gasteiger partial charge is 0.378 e. The van der Waals surface area contributed by atoms with Crippen molar-refractivity contribution in [1.82, 2.24) is 14.6 Å². The number of aromatic nitrogens is 3. The maximum absolute atomic E-state index is 4.48. The summed E-state index contributed by atoms with van der Waals surface area (Å²) in [7, 11) is 4.07. The van der Waals surface area contributed by atoms with E-state index in [0.717, 1.165) is 22.5 Å². The summed E-state index contributed by atoms with van der Waals surface area (Å²) in [6, 6.07) is 10.3. The molecule has 5 nitrogen and oxygen atoms in total. The zero-order valence-corrected chi connectivity index (χ0v) is 12.8. The highest BCUT2D eigenvalue weighted by atomic mass is 15.3. The van der Waals surface area contributed by atoms with Crippen LogP contribution in [0.1, 0.15) is 11.1 Å². The number of nitrogens with zero attached hydrogens (tertiary/aromatic N) is 4. The van der Waals surface area contributed by atoms with E-state index in [1.54, 1.807) is 4.52 Å². The number of benzene rings is 1. The summed E-state index contributed by atoms with van der Waals surface area (Å²) < 4.78 is 1.79. The van der Waals surface area contributed by atoms with Gasteiger partial charge in [0.25, 0.3) is 0 Å². The molecule has 1 aromatic carbocycles. The fourth-order valence-electron chi connectivity index (χ4n) is 2.23. The van der Waals surface area contributed by atoms with Crippen LogP contribution in [0.2, 0.25) is 0 Å². The Kier molecular flexibility index (Phi) is 3.25. The minimum atomic E-state index is 0.612. The first kappa shape index (κ1) is 13.4. The molecule has 0 aliphatic heterocycles. The number of nitrogens with one attached hydrogen (secondary N) is 1. The number of hydrogen-bond donors (Lipinski definition) is 1. The van der Waals surface area contributed by atoms with Crippen molar-refractivity contribution in [2.24, 2.45) is 0 Å². The SMILES string of the molecule is Cc1ccc2nc(Nc3ccc(N(C)C)cc3C)nn2c1. The van der Waals surface area contributed by atoms with E-state index in [4.69, 9.17) is 0 Å². The summed E-state index contributed by atoms with van der Waals surface area (Å²) in [6.07, 6.45) is 1.97. The Balaban J connectivity index is 1.91. The van der Waals surface area contributed by atoms with Crippen LogP contribution in [0, 0.1) is 13.8 Å². The van der Waals surface area contributed by atoms with E-state index in [2.05, 4.69) is 45.4 Å². The molecule has 0 aliphatic carbocycles. The van der Waals surface area contributed by atoms with Crippen LogP contribution < -0.4 is 10.2 Å². The molecule has 3 rings (SSSR count). The van der Waals surface area contributed by atoms with Crippen molar-refractivity contribution in [2.75, 3.05) is 24.3 Å². The summed E-state index contributed by atoms with van der Waals surface area (Å²) >= 11 is 0. The maximum atomic E-state index is 4.48. The normalized spacial score (nSPS) is 10.9. The summed E-state index contributed by atoms with van der Waals surface area (Å²) in [6.45, 7) is 4.12. The average molecular weight is 281 g/mol. The van der Waals surface area contributed by atoms with Crippen LogP contribution in [0.15, 0.2) is 36.5 Å². The molecule has 0 fully saturated rings. The number of rotatable bonds is 3. The number of pyridine rings is 1. The highest BCUT2D eigenvalue weighted by molar-refractivity contribution is 5.64. The van der Waals surface area contributed by atoms with Gasteiger partial charge < -0.3 is 10.2 Å². The fourth-order valence-corrected chi connectivity index (χ4v) is 2.23. The molecule has 0 aliphatic rings. The quantitative estimate of drug-likeness (QED) is 0.801. The fraction of sp³-hybridized carbons (Fsp3) is 0.250. The molecule has 1 N–H and O–H groups in total. The van der Waals surface area contributed by atoms with Crippen molar-refractivity contribution in [3.63, 3.8) is 0 Å². The predicted molar refractivity (Wildman–Crippen MR) is 86.5 cm³/mol. The molecule has 0 saturated carbocycles. The Labute approximate surface area is 124 Å². The molecule has 0 saturated heterocycles. The van der Waals surface area contributed by atoms with E-state index >= 15 is 0 Å². The second-order valence-electron chi connectivity index (χ2n) is 5.46. The molecule has 108 valence electrons. The second-order valence-corrected chi connectivity index (χ2v) is 5.46. The van der Waals surface area contributed by atoms with E-state index in [-0.39, 0.29) is 0 Å². The van der Waals surface area contributed by atoms with Gasteiger partial charge in [-0.15, -0.1) is 5.10 Å². The van der Waals surface area contributed by atoms with Crippen LogP contribution >= 0.6 is 0 Å². The van der Waals surface area contributed by atoms with Gasteiger partial charge in [-0.3, -0.25) is 0 Å². The monoisotopic (exact) mass is 281 g/mol. The van der Waals surface area contributed by atoms with Crippen molar-refractivity contribution in [1.29, 1.82) is 0 Å². The summed E-state index contributed by atoms with van der Waals surface area (Å²) in [4.78, 5) is 6.56. The lowest BCUT2D eigenvalue weighted by Crippen LogP contribution is -2.09. The van der Waals surface area contributed by atoms with Gasteiger partial charge in [-0.05, 0) is 49.2 Å². The number of aryl methyl sites for hydroxylation is 2. The second kappa shape index (κ2) is 5.09. The van der Waals surface area contributed by atoms with Crippen LogP contribution in [0.4, 0.5) is 17.3 Å². The third-order valence-electron chi connectivity index (χ3n) is 3.45. The van der Waals surface area contributed by atoms with Gasteiger partial charge in [0.15, 0.2) is 5.65 Å². The third-order valence-corrected chi connectivity index (χ3v) is 3.45. The van der Waals surface area contributed by atoms with Crippen molar-refractivity contribution in [3.8, 4) is 0 Å². The van der Waals surface area contributed by atoms with E-state index in [1.165, 1.54) is 5.69 Å². The molecular formula is C16H19N5. The Morgan fingerprint density at radius 3 is 2.62 bits per heavy atom. The lowest BCUT2D eigenvalue weighted by Gasteiger charge is -2.15. The molecule has 3 aromatic rings. The predicted octanol–water partition coefficient (Wildman–Crippen LogP) is 3.16. The third kappa shape index (κ3) is 2.67. The molecule has 0 radical (unpaired) electrons. The zero-order valence-electron chi connectivity index (χ0n) is 12.8. The van der Waals surface area contributed by atoms with Crippen LogP contribution in [0.25, 0.3) is 5.65 Å². The molecule has 21 heavy (non-hydrogen) atoms. The van der Waals surface area contributed by atoms with Crippen LogP contribution in [0.3, 0.4) is 0 Å². The lowest BCUT2D eigenvalue weighted by atomic mass is 10.1. The summed E-state index contributed by atoms with van der Waals surface area (Å²) in [5.41, 5.74) is 5.36. The van der Waals surface area contributed by atoms with Crippen LogP contribution in [-0.2, 0) is 0 Å². The molecule has 0 spiro atoms. The Bertz CT molecular complexity index is 788. The number of fused-ring (bicyclic) bond motifs is 1. The topological polar surface area (TPSA) is 45.5 Å². The van der Waals surface area contributed by atoms with E-state index in [9.17, 15) is 0 Å².